The third-order valence-corrected chi connectivity index (χ3v) is 13.0. The van der Waals surface area contributed by atoms with Crippen molar-refractivity contribution in [3.8, 4) is 0 Å². The smallest absolute Gasteiger partial charge is 0.309 e. The molecule has 11 heteroatoms. The van der Waals surface area contributed by atoms with Gasteiger partial charge in [0, 0.05) is 18.4 Å². The van der Waals surface area contributed by atoms with Gasteiger partial charge in [-0.25, -0.2) is 0 Å². The molecule has 2 aliphatic heterocycles. The monoisotopic (exact) mass is 844 g/mol. The number of halogens is 1. The highest BCUT2D eigenvalue weighted by atomic mass is 79.9. The zero-order chi connectivity index (χ0) is 39.7. The van der Waals surface area contributed by atoms with Crippen molar-refractivity contribution in [1.82, 2.24) is 9.80 Å². The van der Waals surface area contributed by atoms with Gasteiger partial charge in [-0.15, -0.1) is 0 Å². The Hall–Kier alpha value is -2.65. The van der Waals surface area contributed by atoms with Gasteiger partial charge in [0.05, 0.1) is 41.6 Å². The van der Waals surface area contributed by atoms with Crippen molar-refractivity contribution in [3.63, 3.8) is 0 Å². The summed E-state index contributed by atoms with van der Waals surface area (Å²) >= 11 is 3.46. The molecule has 0 fully saturated rings. The Balaban J connectivity index is 0.000000305. The first-order valence-electron chi connectivity index (χ1n) is 21.1. The van der Waals surface area contributed by atoms with E-state index >= 15 is 0 Å². The summed E-state index contributed by atoms with van der Waals surface area (Å²) in [5, 5.41) is 1.13. The molecule has 4 rings (SSSR count). The molecule has 2 aromatic rings. The molecular weight excluding hydrogens is 779 g/mol. The number of alkyl halides is 1. The molecule has 0 bridgehead atoms. The summed E-state index contributed by atoms with van der Waals surface area (Å²) in [6.45, 7) is 5.61. The van der Waals surface area contributed by atoms with Gasteiger partial charge in [0.25, 0.3) is 23.6 Å². The van der Waals surface area contributed by atoms with Crippen LogP contribution in [-0.2, 0) is 13.6 Å². The molecule has 2 aromatic carbocycles. The molecule has 0 saturated carbocycles. The van der Waals surface area contributed by atoms with E-state index in [-0.39, 0.29) is 23.6 Å². The van der Waals surface area contributed by atoms with Crippen molar-refractivity contribution in [2.24, 2.45) is 0 Å². The Morgan fingerprint density at radius 3 is 1.02 bits per heavy atom. The van der Waals surface area contributed by atoms with E-state index in [1.807, 2.05) is 26.0 Å². The van der Waals surface area contributed by atoms with Crippen LogP contribution in [0.5, 0.6) is 0 Å². The molecule has 2 aliphatic rings. The van der Waals surface area contributed by atoms with Crippen molar-refractivity contribution in [1.29, 1.82) is 0 Å². The van der Waals surface area contributed by atoms with Crippen molar-refractivity contribution >= 4 is 47.2 Å². The number of nitrogens with zero attached hydrogens (tertiary/aromatic N) is 2. The minimum Gasteiger partial charge on any atom is -0.309 e. The minimum absolute atomic E-state index is 0.126. The van der Waals surface area contributed by atoms with Crippen LogP contribution in [0.3, 0.4) is 0 Å². The van der Waals surface area contributed by atoms with E-state index in [0.717, 1.165) is 56.7 Å². The normalized spacial score (nSPS) is 13.7. The lowest BCUT2D eigenvalue weighted by Gasteiger charge is -2.16. The van der Waals surface area contributed by atoms with Crippen LogP contribution in [0.1, 0.15) is 184 Å². The number of benzene rings is 2. The molecule has 0 N–H and O–H groups in total. The van der Waals surface area contributed by atoms with Crippen LogP contribution < -0.4 is 0 Å². The third kappa shape index (κ3) is 16.0. The Morgan fingerprint density at radius 1 is 0.455 bits per heavy atom. The Labute approximate surface area is 339 Å². The van der Waals surface area contributed by atoms with E-state index in [0.29, 0.717) is 54.7 Å². The van der Waals surface area contributed by atoms with Gasteiger partial charge in [0.1, 0.15) is 0 Å². The quantitative estimate of drug-likeness (QED) is 0.0347. The fraction of sp³-hybridized carbons (Fsp3) is 0.636. The molecule has 0 atom stereocenters. The maximum Gasteiger partial charge on any atom is 0.330 e. The van der Waals surface area contributed by atoms with Crippen LogP contribution in [0.2, 0.25) is 0 Å². The van der Waals surface area contributed by atoms with Crippen molar-refractivity contribution in [2.45, 2.75) is 142 Å². The van der Waals surface area contributed by atoms with Crippen LogP contribution in [0, 0.1) is 0 Å². The van der Waals surface area contributed by atoms with Crippen LogP contribution in [0.25, 0.3) is 0 Å². The maximum absolute atomic E-state index is 12.4. The van der Waals surface area contributed by atoms with E-state index < -0.39 is 7.60 Å². The number of imide groups is 2. The average Bonchev–Trinajstić information content (AvgIpc) is 3.58. The van der Waals surface area contributed by atoms with E-state index in [9.17, 15) is 23.7 Å². The fourth-order valence-electron chi connectivity index (χ4n) is 7.21. The molecule has 0 unspecified atom stereocenters. The van der Waals surface area contributed by atoms with Crippen LogP contribution >= 0.6 is 23.5 Å². The number of unbranched alkanes of at least 4 members (excludes halogenated alkanes) is 18. The number of carbonyl (C=O) groups is 4. The molecule has 0 radical (unpaired) electrons. The lowest BCUT2D eigenvalue weighted by molar-refractivity contribution is 0.0636. The predicted octanol–water partition coefficient (Wildman–Crippen LogP) is 12.0. The number of carbonyl (C=O) groups excluding carboxylic acids is 4. The zero-order valence-electron chi connectivity index (χ0n) is 33.6. The maximum atomic E-state index is 12.4. The third-order valence-electron chi connectivity index (χ3n) is 10.2. The molecule has 306 valence electrons. The summed E-state index contributed by atoms with van der Waals surface area (Å²) in [7, 11) is -2.87. The summed E-state index contributed by atoms with van der Waals surface area (Å²) in [5.41, 5.74) is 2.18. The van der Waals surface area contributed by atoms with Gasteiger partial charge in [0.15, 0.2) is 0 Å². The highest BCUT2D eigenvalue weighted by molar-refractivity contribution is 9.09. The molecular formula is C44H66BrN2O7P. The molecule has 0 spiro atoms. The molecule has 2 heterocycles. The molecule has 0 saturated heterocycles. The SMILES string of the molecule is CCOP(=O)(CCCCCCCCCCCCN1C(=O)c2ccccc2C1=O)OCC.O=C1c2ccccc2C(=O)N1CCCCCCCCCCCCBr. The summed E-state index contributed by atoms with van der Waals surface area (Å²) in [6, 6.07) is 14.2. The van der Waals surface area contributed by atoms with Gasteiger partial charge in [-0.05, 0) is 63.8 Å². The van der Waals surface area contributed by atoms with Gasteiger partial charge >= 0.3 is 7.60 Å². The second-order valence-electron chi connectivity index (χ2n) is 14.5. The summed E-state index contributed by atoms with van der Waals surface area (Å²) < 4.78 is 23.0. The van der Waals surface area contributed by atoms with Crippen LogP contribution in [0.4, 0.5) is 0 Å². The fourth-order valence-corrected chi connectivity index (χ4v) is 9.34. The molecule has 4 amide bonds. The Kier molecular flexibility index (Phi) is 23.0. The minimum atomic E-state index is -2.87. The van der Waals surface area contributed by atoms with Gasteiger partial charge in [0.2, 0.25) is 0 Å². The average molecular weight is 846 g/mol. The van der Waals surface area contributed by atoms with Gasteiger partial charge in [-0.3, -0.25) is 33.5 Å². The first-order chi connectivity index (χ1) is 26.8. The summed E-state index contributed by atoms with van der Waals surface area (Å²) in [5.74, 6) is -0.558. The van der Waals surface area contributed by atoms with E-state index in [2.05, 4.69) is 15.9 Å². The highest BCUT2D eigenvalue weighted by Crippen LogP contribution is 2.48. The second-order valence-corrected chi connectivity index (χ2v) is 17.5. The van der Waals surface area contributed by atoms with E-state index in [4.69, 9.17) is 9.05 Å². The lowest BCUT2D eigenvalue weighted by Crippen LogP contribution is -2.30. The molecule has 0 aromatic heterocycles. The topological polar surface area (TPSA) is 110 Å². The number of hydrogen-bond donors (Lipinski definition) is 0. The van der Waals surface area contributed by atoms with Crippen LogP contribution in [0.15, 0.2) is 48.5 Å². The molecule has 0 aliphatic carbocycles. The Morgan fingerprint density at radius 2 is 0.727 bits per heavy atom. The summed E-state index contributed by atoms with van der Waals surface area (Å²) in [4.78, 5) is 51.9. The summed E-state index contributed by atoms with van der Waals surface area (Å²) in [6.07, 6.45) is 23.9. The largest absolute Gasteiger partial charge is 0.330 e. The first kappa shape index (κ1) is 46.7. The second kappa shape index (κ2) is 27.1. The zero-order valence-corrected chi connectivity index (χ0v) is 36.1. The molecule has 9 nitrogen and oxygen atoms in total. The number of rotatable bonds is 29. The number of amides is 4. The van der Waals surface area contributed by atoms with Gasteiger partial charge < -0.3 is 9.05 Å². The lowest BCUT2D eigenvalue weighted by atomic mass is 10.1. The van der Waals surface area contributed by atoms with Crippen molar-refractivity contribution in [2.75, 3.05) is 37.8 Å². The van der Waals surface area contributed by atoms with E-state index in [1.165, 1.54) is 86.8 Å². The number of fused-ring (bicyclic) bond motifs is 2. The molecule has 55 heavy (non-hydrogen) atoms. The van der Waals surface area contributed by atoms with Crippen molar-refractivity contribution < 1.29 is 32.8 Å². The van der Waals surface area contributed by atoms with Gasteiger partial charge in [-0.2, -0.15) is 0 Å². The van der Waals surface area contributed by atoms with E-state index in [1.54, 1.807) is 36.4 Å². The highest BCUT2D eigenvalue weighted by Gasteiger charge is 2.35. The Bertz CT molecular complexity index is 1440. The first-order valence-corrected chi connectivity index (χ1v) is 24.0. The number of hydrogen-bond acceptors (Lipinski definition) is 7. The van der Waals surface area contributed by atoms with Crippen LogP contribution in [-0.4, -0.2) is 71.2 Å². The predicted molar refractivity (Wildman–Crippen MR) is 225 cm³/mol. The van der Waals surface area contributed by atoms with Gasteiger partial charge in [-0.1, -0.05) is 143 Å². The van der Waals surface area contributed by atoms with Crippen molar-refractivity contribution in [3.05, 3.63) is 70.8 Å². The standard InChI is InChI=1S/C24H38NO5P.C20H28BrNO2/c1-3-29-31(28,30-4-2)20-16-12-10-8-6-5-7-9-11-15-19-25-23(26)21-17-13-14-18-22(21)24(25)27;21-15-11-7-5-3-1-2-4-6-8-12-16-22-19(23)17-13-9-10-14-18(17)20(22)24/h13-14,17-18H,3-12,15-16,19-20H2,1-2H3;9-10,13-14H,1-8,11-12,15-16H2.